The first-order valence-corrected chi connectivity index (χ1v) is 9.48. The lowest BCUT2D eigenvalue weighted by Crippen LogP contribution is -2.46. The van der Waals surface area contributed by atoms with E-state index in [4.69, 9.17) is 18.9 Å². The Morgan fingerprint density at radius 3 is 2.04 bits per heavy atom. The van der Waals surface area contributed by atoms with Crippen LogP contribution in [0, 0.1) is 0 Å². The van der Waals surface area contributed by atoms with Gasteiger partial charge in [-0.15, -0.1) is 0 Å². The van der Waals surface area contributed by atoms with Gasteiger partial charge in [-0.2, -0.15) is 0 Å². The summed E-state index contributed by atoms with van der Waals surface area (Å²) in [6.07, 6.45) is 2.53. The molecule has 0 aromatic heterocycles. The predicted molar refractivity (Wildman–Crippen MR) is 99.0 cm³/mol. The van der Waals surface area contributed by atoms with E-state index in [0.717, 1.165) is 24.0 Å². The van der Waals surface area contributed by atoms with E-state index in [1.807, 2.05) is 36.4 Å². The van der Waals surface area contributed by atoms with Gasteiger partial charge in [0.15, 0.2) is 23.0 Å². The number of benzene rings is 2. The number of carboxylic acid groups (broad SMARTS) is 1. The second kappa shape index (κ2) is 6.91. The monoisotopic (exact) mass is 383 g/mol. The standard InChI is InChI=1S/C21H21NO6/c23-21(24)15-3-1-2-8-22(15)20(13-4-6-16-18(9-13)27-11-25-16)14-5-7-17-19(10-14)28-12-26-17/h4-7,9-10,15,20H,1-3,8,11-12H2,(H,23,24). The average Bonchev–Trinajstić information content (AvgIpc) is 3.37. The highest BCUT2D eigenvalue weighted by atomic mass is 16.7. The summed E-state index contributed by atoms with van der Waals surface area (Å²) in [7, 11) is 0. The highest BCUT2D eigenvalue weighted by molar-refractivity contribution is 5.74. The number of rotatable bonds is 4. The summed E-state index contributed by atoms with van der Waals surface area (Å²) in [5.74, 6) is 2.01. The largest absolute Gasteiger partial charge is 0.480 e. The Bertz CT molecular complexity index is 856. The molecular formula is C21H21NO6. The number of carboxylic acids is 1. The van der Waals surface area contributed by atoms with Crippen LogP contribution in [0.3, 0.4) is 0 Å². The maximum atomic E-state index is 12.0. The van der Waals surface area contributed by atoms with E-state index in [1.165, 1.54) is 0 Å². The Morgan fingerprint density at radius 1 is 0.893 bits per heavy atom. The van der Waals surface area contributed by atoms with Crippen LogP contribution in [0.5, 0.6) is 23.0 Å². The van der Waals surface area contributed by atoms with Crippen molar-refractivity contribution in [2.45, 2.75) is 31.3 Å². The molecule has 0 spiro atoms. The number of aliphatic carboxylic acids is 1. The molecule has 1 unspecified atom stereocenters. The fourth-order valence-corrected chi connectivity index (χ4v) is 4.27. The molecule has 3 aliphatic rings. The number of nitrogens with zero attached hydrogens (tertiary/aromatic N) is 1. The molecular weight excluding hydrogens is 362 g/mol. The van der Waals surface area contributed by atoms with Gasteiger partial charge in [0, 0.05) is 0 Å². The van der Waals surface area contributed by atoms with E-state index in [1.54, 1.807) is 0 Å². The number of carbonyl (C=O) groups is 1. The minimum atomic E-state index is -0.786. The Kier molecular flexibility index (Phi) is 4.24. The zero-order valence-corrected chi connectivity index (χ0v) is 15.3. The highest BCUT2D eigenvalue weighted by Crippen LogP contribution is 2.42. The molecule has 2 aromatic rings. The molecule has 0 radical (unpaired) electrons. The van der Waals surface area contributed by atoms with Crippen molar-refractivity contribution in [2.24, 2.45) is 0 Å². The SMILES string of the molecule is O=C(O)C1CCCCN1C(c1ccc2c(c1)OCO2)c1ccc2c(c1)OCO2. The number of hydrogen-bond acceptors (Lipinski definition) is 6. The molecule has 1 fully saturated rings. The molecule has 3 heterocycles. The maximum absolute atomic E-state index is 12.0. The molecule has 2 aromatic carbocycles. The summed E-state index contributed by atoms with van der Waals surface area (Å²) < 4.78 is 22.0. The van der Waals surface area contributed by atoms with Gasteiger partial charge in [-0.1, -0.05) is 18.6 Å². The summed E-state index contributed by atoms with van der Waals surface area (Å²) in [6.45, 7) is 1.12. The zero-order valence-electron chi connectivity index (χ0n) is 15.3. The van der Waals surface area contributed by atoms with Crippen molar-refractivity contribution in [2.75, 3.05) is 20.1 Å². The minimum Gasteiger partial charge on any atom is -0.480 e. The van der Waals surface area contributed by atoms with Crippen molar-refractivity contribution in [3.8, 4) is 23.0 Å². The van der Waals surface area contributed by atoms with Crippen molar-refractivity contribution >= 4 is 5.97 Å². The lowest BCUT2D eigenvalue weighted by Gasteiger charge is -2.39. The summed E-state index contributed by atoms with van der Waals surface area (Å²) in [4.78, 5) is 14.0. The molecule has 0 saturated carbocycles. The van der Waals surface area contributed by atoms with Gasteiger partial charge in [-0.3, -0.25) is 9.69 Å². The molecule has 146 valence electrons. The number of piperidine rings is 1. The van der Waals surface area contributed by atoms with Crippen molar-refractivity contribution in [3.63, 3.8) is 0 Å². The predicted octanol–water partition coefficient (Wildman–Crippen LogP) is 3.17. The molecule has 5 rings (SSSR count). The van der Waals surface area contributed by atoms with Crippen LogP contribution >= 0.6 is 0 Å². The van der Waals surface area contributed by atoms with E-state index >= 15 is 0 Å². The Morgan fingerprint density at radius 2 is 1.46 bits per heavy atom. The third kappa shape index (κ3) is 2.92. The molecule has 1 atom stereocenters. The van der Waals surface area contributed by atoms with Crippen LogP contribution in [-0.4, -0.2) is 42.1 Å². The van der Waals surface area contributed by atoms with Crippen LogP contribution in [0.2, 0.25) is 0 Å². The van der Waals surface area contributed by atoms with Crippen LogP contribution in [0.4, 0.5) is 0 Å². The molecule has 3 aliphatic heterocycles. The van der Waals surface area contributed by atoms with Crippen LogP contribution < -0.4 is 18.9 Å². The van der Waals surface area contributed by atoms with Crippen molar-refractivity contribution in [3.05, 3.63) is 47.5 Å². The van der Waals surface area contributed by atoms with Crippen LogP contribution in [0.15, 0.2) is 36.4 Å². The summed E-state index contributed by atoms with van der Waals surface area (Å²) >= 11 is 0. The van der Waals surface area contributed by atoms with Gasteiger partial charge >= 0.3 is 5.97 Å². The van der Waals surface area contributed by atoms with E-state index < -0.39 is 12.0 Å². The first-order valence-electron chi connectivity index (χ1n) is 9.48. The van der Waals surface area contributed by atoms with Crippen molar-refractivity contribution in [1.29, 1.82) is 0 Å². The summed E-state index contributed by atoms with van der Waals surface area (Å²) in [5.41, 5.74) is 1.94. The second-order valence-electron chi connectivity index (χ2n) is 7.22. The van der Waals surface area contributed by atoms with Crippen molar-refractivity contribution < 1.29 is 28.8 Å². The maximum Gasteiger partial charge on any atom is 0.320 e. The lowest BCUT2D eigenvalue weighted by atomic mass is 9.91. The fraction of sp³-hybridized carbons (Fsp3) is 0.381. The first kappa shape index (κ1) is 17.2. The second-order valence-corrected chi connectivity index (χ2v) is 7.22. The number of hydrogen-bond donors (Lipinski definition) is 1. The Labute approximate surface area is 162 Å². The zero-order chi connectivity index (χ0) is 19.1. The quantitative estimate of drug-likeness (QED) is 0.869. The molecule has 0 bridgehead atoms. The smallest absolute Gasteiger partial charge is 0.320 e. The van der Waals surface area contributed by atoms with E-state index in [-0.39, 0.29) is 19.6 Å². The molecule has 0 amide bonds. The fourth-order valence-electron chi connectivity index (χ4n) is 4.27. The normalized spacial score (nSPS) is 20.5. The van der Waals surface area contributed by atoms with Crippen LogP contribution in [0.25, 0.3) is 0 Å². The van der Waals surface area contributed by atoms with Gasteiger partial charge < -0.3 is 24.1 Å². The first-order chi connectivity index (χ1) is 13.7. The minimum absolute atomic E-state index is 0.203. The average molecular weight is 383 g/mol. The van der Waals surface area contributed by atoms with Gasteiger partial charge in [-0.05, 0) is 54.8 Å². The summed E-state index contributed by atoms with van der Waals surface area (Å²) in [5, 5.41) is 9.83. The number of likely N-dealkylation sites (tertiary alicyclic amines) is 1. The molecule has 28 heavy (non-hydrogen) atoms. The Balaban J connectivity index is 1.60. The third-order valence-corrected chi connectivity index (χ3v) is 5.59. The Hall–Kier alpha value is -2.93. The van der Waals surface area contributed by atoms with Gasteiger partial charge in [0.2, 0.25) is 13.6 Å². The topological polar surface area (TPSA) is 77.5 Å². The number of ether oxygens (including phenoxy) is 4. The molecule has 7 nitrogen and oxygen atoms in total. The molecule has 7 heteroatoms. The van der Waals surface area contributed by atoms with E-state index in [0.29, 0.717) is 36.0 Å². The molecule has 0 aliphatic carbocycles. The van der Waals surface area contributed by atoms with E-state index in [9.17, 15) is 9.90 Å². The van der Waals surface area contributed by atoms with Gasteiger partial charge in [-0.25, -0.2) is 0 Å². The van der Waals surface area contributed by atoms with Gasteiger partial charge in [0.05, 0.1) is 6.04 Å². The molecule has 1 saturated heterocycles. The molecule has 1 N–H and O–H groups in total. The van der Waals surface area contributed by atoms with Crippen molar-refractivity contribution in [1.82, 2.24) is 4.90 Å². The number of fused-ring (bicyclic) bond motifs is 2. The van der Waals surface area contributed by atoms with Crippen LogP contribution in [0.1, 0.15) is 36.4 Å². The summed E-state index contributed by atoms with van der Waals surface area (Å²) in [6, 6.07) is 10.9. The lowest BCUT2D eigenvalue weighted by molar-refractivity contribution is -0.145. The van der Waals surface area contributed by atoms with E-state index in [2.05, 4.69) is 4.90 Å². The van der Waals surface area contributed by atoms with Gasteiger partial charge in [0.1, 0.15) is 6.04 Å². The van der Waals surface area contributed by atoms with Crippen LogP contribution in [-0.2, 0) is 4.79 Å². The highest BCUT2D eigenvalue weighted by Gasteiger charge is 2.36. The van der Waals surface area contributed by atoms with Gasteiger partial charge in [0.25, 0.3) is 0 Å². The third-order valence-electron chi connectivity index (χ3n) is 5.59.